The van der Waals surface area contributed by atoms with Crippen LogP contribution < -0.4 is 5.32 Å². The fourth-order valence-electron chi connectivity index (χ4n) is 8.43. The van der Waals surface area contributed by atoms with Crippen LogP contribution in [0.25, 0.3) is 0 Å². The van der Waals surface area contributed by atoms with Gasteiger partial charge in [0.1, 0.15) is 55.4 Å². The van der Waals surface area contributed by atoms with Crippen molar-refractivity contribution in [3.63, 3.8) is 0 Å². The summed E-state index contributed by atoms with van der Waals surface area (Å²) in [5, 5.41) is 26.4. The summed E-state index contributed by atoms with van der Waals surface area (Å²) in [6, 6.07) is 57.9. The van der Waals surface area contributed by atoms with Crippen molar-refractivity contribution in [3.05, 3.63) is 215 Å². The van der Waals surface area contributed by atoms with Gasteiger partial charge in [-0.25, -0.2) is 4.79 Å². The zero-order valence-corrected chi connectivity index (χ0v) is 40.3. The number of rotatable bonds is 26. The van der Waals surface area contributed by atoms with Crippen molar-refractivity contribution in [2.75, 3.05) is 26.4 Å². The number of benzene rings is 6. The molecule has 6 aromatic rings. The van der Waals surface area contributed by atoms with E-state index in [2.05, 4.69) is 5.32 Å². The molecular formula is C58H65NO13. The van der Waals surface area contributed by atoms with Crippen molar-refractivity contribution in [2.24, 2.45) is 0 Å². The van der Waals surface area contributed by atoms with E-state index < -0.39 is 67.5 Å². The molecule has 8 rings (SSSR count). The van der Waals surface area contributed by atoms with Crippen molar-refractivity contribution in [1.29, 1.82) is 0 Å². The number of hydrogen-bond donors (Lipinski definition) is 3. The van der Waals surface area contributed by atoms with Crippen molar-refractivity contribution in [3.8, 4) is 0 Å². The van der Waals surface area contributed by atoms with Crippen LogP contribution in [-0.4, -0.2) is 104 Å². The summed E-state index contributed by atoms with van der Waals surface area (Å²) in [7, 11) is 0. The molecule has 2 saturated heterocycles. The van der Waals surface area contributed by atoms with Crippen LogP contribution in [-0.2, 0) is 87.0 Å². The van der Waals surface area contributed by atoms with Gasteiger partial charge in [-0.15, -0.1) is 0 Å². The molecule has 10 atom stereocenters. The topological polar surface area (TPSA) is 162 Å². The molecule has 380 valence electrons. The zero-order valence-electron chi connectivity index (χ0n) is 40.3. The number of ether oxygens (including phenoxy) is 10. The SMILES string of the molecule is O=C(NCCCO[C@@H]1O[C@H](COCc2ccccc2)[C@@H](O[C@@H]2O[C@H](COCc3ccccc3)[C@H](O)[C@H](O)[C@H]2OCc2ccccc2)[C@H](OCc2ccccc2)[C@H]1OCc1ccccc1)OCc1ccccc1. The summed E-state index contributed by atoms with van der Waals surface area (Å²) >= 11 is 0. The van der Waals surface area contributed by atoms with Gasteiger partial charge in [0.05, 0.1) is 52.9 Å². The predicted octanol–water partition coefficient (Wildman–Crippen LogP) is 8.07. The molecule has 6 aromatic carbocycles. The molecule has 0 spiro atoms. The van der Waals surface area contributed by atoms with Crippen molar-refractivity contribution in [2.45, 2.75) is 107 Å². The van der Waals surface area contributed by atoms with Crippen LogP contribution in [0.2, 0.25) is 0 Å². The summed E-state index contributed by atoms with van der Waals surface area (Å²) in [6.07, 6.45) is -11.2. The van der Waals surface area contributed by atoms with E-state index in [4.69, 9.17) is 47.4 Å². The maximum atomic E-state index is 12.6. The first-order valence-corrected chi connectivity index (χ1v) is 24.6. The lowest BCUT2D eigenvalue weighted by atomic mass is 9.96. The molecule has 3 N–H and O–H groups in total. The average molecular weight is 984 g/mol. The number of aliphatic hydroxyl groups is 2. The second kappa shape index (κ2) is 28.4. The summed E-state index contributed by atoms with van der Waals surface area (Å²) in [4.78, 5) is 12.6. The standard InChI is InChI=1S/C58H65NO13/c60-50-48(40-63-34-42-20-7-1-8-21-42)70-57(53(51(50)61)66-36-44-24-11-3-12-25-44)72-52-49(41-64-35-43-22-9-2-10-23-43)71-56(65-33-19-32-59-58(62)69-39-47-30-17-6-18-31-47)55(68-38-46-28-15-5-16-29-46)54(52)67-37-45-26-13-4-14-27-45/h1-18,20-31,48-57,60-61H,19,32-41H2,(H,59,62)/t48-,49-,50+,51+,52-,53-,54+,55-,56-,57+/m1/s1. The van der Waals surface area contributed by atoms with Crippen LogP contribution >= 0.6 is 0 Å². The minimum absolute atomic E-state index is 0.0158. The van der Waals surface area contributed by atoms with Crippen molar-refractivity contribution >= 4 is 6.09 Å². The third kappa shape index (κ3) is 16.1. The van der Waals surface area contributed by atoms with Gasteiger partial charge in [0.2, 0.25) is 0 Å². The van der Waals surface area contributed by atoms with Gasteiger partial charge >= 0.3 is 6.09 Å². The molecule has 0 bridgehead atoms. The highest BCUT2D eigenvalue weighted by Crippen LogP contribution is 2.35. The Morgan fingerprint density at radius 2 is 0.833 bits per heavy atom. The fraction of sp³-hybridized carbons (Fsp3) is 0.362. The molecule has 2 heterocycles. The molecule has 72 heavy (non-hydrogen) atoms. The number of carbonyl (C=O) groups excluding carboxylic acids is 1. The van der Waals surface area contributed by atoms with Gasteiger partial charge < -0.3 is 62.9 Å². The molecule has 0 aliphatic carbocycles. The Bertz CT molecular complexity index is 2410. The molecule has 1 amide bonds. The lowest BCUT2D eigenvalue weighted by molar-refractivity contribution is -0.373. The van der Waals surface area contributed by atoms with Gasteiger partial charge in [-0.05, 0) is 39.8 Å². The number of carbonyl (C=O) groups is 1. The summed E-state index contributed by atoms with van der Waals surface area (Å²) in [6.45, 7) is 1.48. The molecule has 0 saturated carbocycles. The van der Waals surface area contributed by atoms with Crippen LogP contribution in [0.3, 0.4) is 0 Å². The van der Waals surface area contributed by atoms with Gasteiger partial charge in [0, 0.05) is 6.54 Å². The maximum Gasteiger partial charge on any atom is 0.407 e. The summed E-state index contributed by atoms with van der Waals surface area (Å²) in [5.74, 6) is 0. The zero-order chi connectivity index (χ0) is 49.6. The van der Waals surface area contributed by atoms with Crippen LogP contribution in [0.1, 0.15) is 39.8 Å². The first-order valence-electron chi connectivity index (χ1n) is 24.6. The molecule has 0 aromatic heterocycles. The molecular weight excluding hydrogens is 919 g/mol. The minimum atomic E-state index is -1.45. The summed E-state index contributed by atoms with van der Waals surface area (Å²) in [5.41, 5.74) is 5.42. The van der Waals surface area contributed by atoms with E-state index in [0.717, 1.165) is 33.4 Å². The Morgan fingerprint density at radius 3 is 1.32 bits per heavy atom. The average Bonchev–Trinajstić information content (AvgIpc) is 3.42. The Labute approximate surface area is 421 Å². The van der Waals surface area contributed by atoms with Crippen molar-refractivity contribution in [1.82, 2.24) is 5.32 Å². The highest BCUT2D eigenvalue weighted by Gasteiger charge is 2.53. The highest BCUT2D eigenvalue weighted by atomic mass is 16.8. The third-order valence-corrected chi connectivity index (χ3v) is 12.3. The number of aliphatic hydroxyl groups excluding tert-OH is 2. The Balaban J connectivity index is 1.07. The number of nitrogens with one attached hydrogen (secondary N) is 1. The minimum Gasteiger partial charge on any atom is -0.445 e. The van der Waals surface area contributed by atoms with E-state index in [1.807, 2.05) is 182 Å². The molecule has 2 fully saturated rings. The van der Waals surface area contributed by atoms with E-state index >= 15 is 0 Å². The third-order valence-electron chi connectivity index (χ3n) is 12.3. The van der Waals surface area contributed by atoms with Crippen molar-refractivity contribution < 1.29 is 62.4 Å². The monoisotopic (exact) mass is 983 g/mol. The van der Waals surface area contributed by atoms with Crippen LogP contribution in [0.4, 0.5) is 4.79 Å². The molecule has 14 nitrogen and oxygen atoms in total. The molecule has 2 aliphatic rings. The first-order chi connectivity index (χ1) is 35.5. The van der Waals surface area contributed by atoms with Crippen LogP contribution in [0.15, 0.2) is 182 Å². The molecule has 2 aliphatic heterocycles. The lowest BCUT2D eigenvalue weighted by Crippen LogP contribution is -2.66. The Hall–Kier alpha value is -5.85. The second-order valence-corrected chi connectivity index (χ2v) is 17.7. The van der Waals surface area contributed by atoms with E-state index in [0.29, 0.717) is 6.42 Å². The fourth-order valence-corrected chi connectivity index (χ4v) is 8.43. The van der Waals surface area contributed by atoms with E-state index in [-0.39, 0.29) is 66.0 Å². The number of alkyl carbamates (subject to hydrolysis) is 1. The second-order valence-electron chi connectivity index (χ2n) is 17.7. The first kappa shape index (κ1) is 52.5. The van der Waals surface area contributed by atoms with Gasteiger partial charge in [-0.3, -0.25) is 0 Å². The number of amides is 1. The van der Waals surface area contributed by atoms with Crippen LogP contribution in [0.5, 0.6) is 0 Å². The van der Waals surface area contributed by atoms with Gasteiger partial charge in [0.25, 0.3) is 0 Å². The quantitative estimate of drug-likeness (QED) is 0.0448. The van der Waals surface area contributed by atoms with Crippen LogP contribution in [0, 0.1) is 0 Å². The largest absolute Gasteiger partial charge is 0.445 e. The van der Waals surface area contributed by atoms with E-state index in [1.54, 1.807) is 0 Å². The molecule has 0 unspecified atom stereocenters. The van der Waals surface area contributed by atoms with Gasteiger partial charge in [-0.1, -0.05) is 182 Å². The van der Waals surface area contributed by atoms with Gasteiger partial charge in [-0.2, -0.15) is 0 Å². The number of hydrogen-bond acceptors (Lipinski definition) is 13. The normalized spacial score (nSPS) is 24.1. The maximum absolute atomic E-state index is 12.6. The van der Waals surface area contributed by atoms with Gasteiger partial charge in [0.15, 0.2) is 12.6 Å². The Kier molecular flexibility index (Phi) is 20.7. The highest BCUT2D eigenvalue weighted by molar-refractivity contribution is 5.67. The predicted molar refractivity (Wildman–Crippen MR) is 267 cm³/mol. The Morgan fingerprint density at radius 1 is 0.431 bits per heavy atom. The molecule has 0 radical (unpaired) electrons. The van der Waals surface area contributed by atoms with E-state index in [1.165, 1.54) is 0 Å². The molecule has 14 heteroatoms. The van der Waals surface area contributed by atoms with E-state index in [9.17, 15) is 15.0 Å². The lowest BCUT2D eigenvalue weighted by Gasteiger charge is -2.49. The summed E-state index contributed by atoms with van der Waals surface area (Å²) < 4.78 is 65.4. The smallest absolute Gasteiger partial charge is 0.407 e.